The van der Waals surface area contributed by atoms with Crippen LogP contribution in [0, 0.1) is 14.4 Å². The summed E-state index contributed by atoms with van der Waals surface area (Å²) in [6, 6.07) is 10.3. The van der Waals surface area contributed by atoms with Gasteiger partial charge in [0.1, 0.15) is 0 Å². The van der Waals surface area contributed by atoms with Crippen LogP contribution in [0.25, 0.3) is 0 Å². The van der Waals surface area contributed by atoms with E-state index in [1.165, 1.54) is 5.56 Å². The standard InChI is InChI=1S/C7H8.CH3.Re/c1-7-5-3-2-4-6-7;;/h2-6H,1H3;1H3;/q;-1;. The van der Waals surface area contributed by atoms with Gasteiger partial charge in [-0.2, -0.15) is 0 Å². The van der Waals surface area contributed by atoms with Crippen LogP contribution in [0.1, 0.15) is 5.56 Å². The molecular weight excluding hydrogens is 282 g/mol. The molecule has 1 heteroatoms. The summed E-state index contributed by atoms with van der Waals surface area (Å²) in [5.41, 5.74) is 1.32. The second kappa shape index (κ2) is 6.01. The molecule has 0 aliphatic rings. The molecule has 0 atom stereocenters. The Balaban J connectivity index is 0. The van der Waals surface area contributed by atoms with Crippen molar-refractivity contribution in [3.05, 3.63) is 43.3 Å². The Labute approximate surface area is 70.9 Å². The zero-order valence-electron chi connectivity index (χ0n) is 5.76. The van der Waals surface area contributed by atoms with E-state index in [-0.39, 0.29) is 27.8 Å². The molecular formula is C8H11Re-. The van der Waals surface area contributed by atoms with E-state index in [2.05, 4.69) is 19.1 Å². The van der Waals surface area contributed by atoms with Crippen molar-refractivity contribution >= 4 is 0 Å². The average Bonchev–Trinajstić information content (AvgIpc) is 1.69. The number of hydrogen-bond acceptors (Lipinski definition) is 0. The van der Waals surface area contributed by atoms with E-state index in [9.17, 15) is 0 Å². The zero-order valence-corrected chi connectivity index (χ0v) is 8.48. The van der Waals surface area contributed by atoms with E-state index in [1.807, 2.05) is 18.2 Å². The van der Waals surface area contributed by atoms with Crippen molar-refractivity contribution in [3.63, 3.8) is 0 Å². The first-order valence-corrected chi connectivity index (χ1v) is 2.41. The normalized spacial score (nSPS) is 6.78. The van der Waals surface area contributed by atoms with Crippen molar-refractivity contribution in [1.29, 1.82) is 0 Å². The number of aryl methyl sites for hydroxylation is 1. The molecule has 1 rings (SSSR count). The SMILES string of the molecule is Cc1ccccc1.[CH3-].[Re]. The molecule has 1 aromatic carbocycles. The Bertz CT molecular complexity index is 134. The first kappa shape index (κ1) is 11.7. The average molecular weight is 293 g/mol. The molecule has 0 aromatic heterocycles. The Morgan fingerprint density at radius 3 is 1.67 bits per heavy atom. The molecule has 1 aromatic rings. The second-order valence-electron chi connectivity index (χ2n) is 1.65. The Kier molecular flexibility index (Phi) is 7.78. The van der Waals surface area contributed by atoms with Gasteiger partial charge in [0, 0.05) is 20.4 Å². The summed E-state index contributed by atoms with van der Waals surface area (Å²) < 4.78 is 0. The summed E-state index contributed by atoms with van der Waals surface area (Å²) in [7, 11) is 0. The van der Waals surface area contributed by atoms with Gasteiger partial charge in [0.25, 0.3) is 0 Å². The van der Waals surface area contributed by atoms with Crippen molar-refractivity contribution in [3.8, 4) is 0 Å². The van der Waals surface area contributed by atoms with Gasteiger partial charge in [-0.3, -0.25) is 0 Å². The van der Waals surface area contributed by atoms with Gasteiger partial charge in [-0.15, -0.1) is 0 Å². The summed E-state index contributed by atoms with van der Waals surface area (Å²) >= 11 is 0. The molecule has 0 bridgehead atoms. The van der Waals surface area contributed by atoms with Crippen LogP contribution in [0.2, 0.25) is 0 Å². The minimum Gasteiger partial charge on any atom is -0.358 e. The summed E-state index contributed by atoms with van der Waals surface area (Å²) in [4.78, 5) is 0. The predicted molar refractivity (Wildman–Crippen MR) is 37.6 cm³/mol. The van der Waals surface area contributed by atoms with Crippen molar-refractivity contribution in [1.82, 2.24) is 0 Å². The molecule has 0 saturated heterocycles. The third-order valence-corrected chi connectivity index (χ3v) is 0.940. The Hall–Kier alpha value is -0.118. The summed E-state index contributed by atoms with van der Waals surface area (Å²) in [5.74, 6) is 0. The van der Waals surface area contributed by atoms with Crippen molar-refractivity contribution in [2.45, 2.75) is 6.92 Å². The van der Waals surface area contributed by atoms with Crippen LogP contribution in [-0.4, -0.2) is 0 Å². The summed E-state index contributed by atoms with van der Waals surface area (Å²) in [6.45, 7) is 2.08. The van der Waals surface area contributed by atoms with Crippen LogP contribution in [0.4, 0.5) is 0 Å². The summed E-state index contributed by atoms with van der Waals surface area (Å²) in [6.07, 6.45) is 0. The van der Waals surface area contributed by atoms with Gasteiger partial charge in [-0.25, -0.2) is 0 Å². The van der Waals surface area contributed by atoms with Crippen molar-refractivity contribution < 1.29 is 20.4 Å². The van der Waals surface area contributed by atoms with Gasteiger partial charge in [-0.05, 0) is 6.92 Å². The van der Waals surface area contributed by atoms with Gasteiger partial charge in [0.2, 0.25) is 0 Å². The second-order valence-corrected chi connectivity index (χ2v) is 1.65. The Morgan fingerprint density at radius 2 is 1.44 bits per heavy atom. The molecule has 1 radical (unpaired) electrons. The fourth-order valence-corrected chi connectivity index (χ4v) is 0.534. The maximum atomic E-state index is 2.08. The van der Waals surface area contributed by atoms with Gasteiger partial charge in [-0.1, -0.05) is 35.9 Å². The monoisotopic (exact) mass is 294 g/mol. The summed E-state index contributed by atoms with van der Waals surface area (Å²) in [5, 5.41) is 0. The van der Waals surface area contributed by atoms with E-state index in [1.54, 1.807) is 0 Å². The topological polar surface area (TPSA) is 0 Å². The third-order valence-electron chi connectivity index (χ3n) is 0.940. The fourth-order valence-electron chi connectivity index (χ4n) is 0.534. The molecule has 0 saturated carbocycles. The van der Waals surface area contributed by atoms with E-state index in [0.29, 0.717) is 0 Å². The van der Waals surface area contributed by atoms with Gasteiger partial charge in [0.15, 0.2) is 0 Å². The minimum absolute atomic E-state index is 0. The third kappa shape index (κ3) is 4.39. The first-order chi connectivity index (χ1) is 3.39. The maximum absolute atomic E-state index is 2.08. The minimum atomic E-state index is 0. The number of hydrogen-bond donors (Lipinski definition) is 0. The predicted octanol–water partition coefficient (Wildman–Crippen LogP) is 2.44. The van der Waals surface area contributed by atoms with E-state index < -0.39 is 0 Å². The molecule has 0 heterocycles. The number of benzene rings is 1. The van der Waals surface area contributed by atoms with Crippen LogP contribution in [0.5, 0.6) is 0 Å². The van der Waals surface area contributed by atoms with Gasteiger partial charge >= 0.3 is 0 Å². The quantitative estimate of drug-likeness (QED) is 0.645. The zero-order chi connectivity index (χ0) is 5.11. The molecule has 51 valence electrons. The van der Waals surface area contributed by atoms with Crippen LogP contribution in [0.15, 0.2) is 30.3 Å². The van der Waals surface area contributed by atoms with Crippen LogP contribution in [-0.2, 0) is 20.4 Å². The smallest absolute Gasteiger partial charge is 0 e. The van der Waals surface area contributed by atoms with E-state index in [0.717, 1.165) is 0 Å². The first-order valence-electron chi connectivity index (χ1n) is 2.41. The molecule has 0 unspecified atom stereocenters. The number of rotatable bonds is 0. The van der Waals surface area contributed by atoms with Gasteiger partial charge in [0.05, 0.1) is 0 Å². The van der Waals surface area contributed by atoms with E-state index >= 15 is 0 Å². The van der Waals surface area contributed by atoms with Crippen LogP contribution >= 0.6 is 0 Å². The van der Waals surface area contributed by atoms with Crippen LogP contribution in [0.3, 0.4) is 0 Å². The van der Waals surface area contributed by atoms with E-state index in [4.69, 9.17) is 0 Å². The molecule has 0 N–H and O–H groups in total. The largest absolute Gasteiger partial charge is 0.358 e. The molecule has 0 nitrogen and oxygen atoms in total. The molecule has 9 heavy (non-hydrogen) atoms. The molecule has 0 aliphatic heterocycles. The van der Waals surface area contributed by atoms with Gasteiger partial charge < -0.3 is 7.43 Å². The molecule has 0 aliphatic carbocycles. The van der Waals surface area contributed by atoms with Crippen LogP contribution < -0.4 is 0 Å². The maximum Gasteiger partial charge on any atom is 0 e. The van der Waals surface area contributed by atoms with Crippen molar-refractivity contribution in [2.24, 2.45) is 0 Å². The Morgan fingerprint density at radius 1 is 1.00 bits per heavy atom. The fraction of sp³-hybridized carbons (Fsp3) is 0.125. The van der Waals surface area contributed by atoms with Crippen molar-refractivity contribution in [2.75, 3.05) is 0 Å². The molecule has 0 amide bonds. The molecule has 0 fully saturated rings. The molecule has 0 spiro atoms.